The predicted octanol–water partition coefficient (Wildman–Crippen LogP) is 5.97. The first-order valence-corrected chi connectivity index (χ1v) is 28.1. The highest BCUT2D eigenvalue weighted by Crippen LogP contribution is 2.64. The number of hydrogen-bond donors (Lipinski definition) is 5. The van der Waals surface area contributed by atoms with Gasteiger partial charge in [-0.25, -0.2) is 9.59 Å². The number of carboxylic acid groups (broad SMARTS) is 1. The Balaban J connectivity index is 1.45. The molecule has 7 rings (SSSR count). The largest absolute Gasteiger partial charge is 0.481 e. The van der Waals surface area contributed by atoms with E-state index >= 15 is 9.59 Å². The highest BCUT2D eigenvalue weighted by atomic mass is 28.4. The number of benzene rings is 3. The van der Waals surface area contributed by atoms with Crippen molar-refractivity contribution < 1.29 is 82.1 Å². The molecule has 1 aliphatic heterocycles. The number of hydrogen-bond acceptors (Lipinski definition) is 16. The molecule has 2 saturated carbocycles. The maximum atomic E-state index is 16.0. The van der Waals surface area contributed by atoms with E-state index in [1.165, 1.54) is 39.8 Å². The summed E-state index contributed by atoms with van der Waals surface area (Å²) >= 11 is 0. The second-order valence-electron chi connectivity index (χ2n) is 22.5. The molecule has 0 aromatic heterocycles. The van der Waals surface area contributed by atoms with E-state index in [2.05, 4.69) is 5.32 Å². The average Bonchev–Trinajstić information content (AvgIpc) is 3.34. The van der Waals surface area contributed by atoms with Crippen molar-refractivity contribution in [1.29, 1.82) is 0 Å². The van der Waals surface area contributed by atoms with Crippen LogP contribution in [0.5, 0.6) is 0 Å². The minimum atomic E-state index is -3.00. The van der Waals surface area contributed by atoms with E-state index in [0.29, 0.717) is 11.1 Å². The quantitative estimate of drug-likeness (QED) is 0.0479. The number of carbonyl (C=O) groups excluding carboxylic acids is 6. The van der Waals surface area contributed by atoms with E-state index < -0.39 is 157 Å². The molecule has 4 aliphatic rings. The molecule has 12 atom stereocenters. The Morgan fingerprint density at radius 2 is 1.41 bits per heavy atom. The summed E-state index contributed by atoms with van der Waals surface area (Å²) in [4.78, 5) is 99.1. The molecule has 75 heavy (non-hydrogen) atoms. The standard InChI is InChI=1S/C56H69NO17Si/c1-31-36(71-51(67)43(74-75(9,10)52(3,4)5)40(33-21-14-11-15-22-33)57-49(65)34-23-16-12-17-24-34)29-56(68)48(72-50(66)35-25-18-13-19-26-35)44-54(8,46(64)42(70-32(2)58)39(31)53(56,6)7)45(63)41(62)47-55(44,30-69-47)73-38(61)28-20-27-37(59)60/h11-19,21-26,36,40-45,47-48,62-63,68H,20,27-30H2,1-10H3,(H,57,65)(H,59,60)/t36-,40-,41-,42+,43+,44-,45+,47+,48-,54-,55+,56+/m0/s1. The average molecular weight is 1060 g/mol. The number of Topliss-reactive ketones (excluding diaryl/α,β-unsaturated/α-hetero) is 1. The summed E-state index contributed by atoms with van der Waals surface area (Å²) in [6.45, 7) is 16.1. The van der Waals surface area contributed by atoms with Gasteiger partial charge in [0.1, 0.15) is 30.0 Å². The lowest BCUT2D eigenvalue weighted by Gasteiger charge is -2.68. The number of esters is 4. The Morgan fingerprint density at radius 1 is 0.840 bits per heavy atom. The molecule has 404 valence electrons. The number of ether oxygens (including phenoxy) is 5. The van der Waals surface area contributed by atoms with Crippen LogP contribution in [0.15, 0.2) is 102 Å². The third kappa shape index (κ3) is 10.3. The summed E-state index contributed by atoms with van der Waals surface area (Å²) in [6.07, 6.45) is -14.5. The van der Waals surface area contributed by atoms with E-state index in [9.17, 15) is 44.4 Å². The van der Waals surface area contributed by atoms with Crippen LogP contribution in [0.1, 0.15) is 113 Å². The Morgan fingerprint density at radius 3 is 1.95 bits per heavy atom. The fourth-order valence-corrected chi connectivity index (χ4v) is 12.5. The van der Waals surface area contributed by atoms with Gasteiger partial charge in [-0.15, -0.1) is 0 Å². The van der Waals surface area contributed by atoms with Gasteiger partial charge in [0.15, 0.2) is 31.9 Å². The van der Waals surface area contributed by atoms with E-state index in [4.69, 9.17) is 28.1 Å². The molecule has 0 radical (unpaired) electrons. The SMILES string of the molecule is CC(=O)O[C@H]1C(=O)[C@]2(C)[C@H](O)[C@H](O)[C@H]3OC[C@@]3(OC(=O)CCCC(=O)O)[C@H]2[C@H](OC(=O)c2ccccc2)[C@]2(O)C[C@H](OC(=O)[C@H](O[Si](C)(C)C(C)(C)C)[C@@H](NC(=O)c3ccccc3)c3ccccc3)C(C)=C1C2(C)C. The maximum Gasteiger partial charge on any atom is 0.338 e. The highest BCUT2D eigenvalue weighted by Gasteiger charge is 2.80. The summed E-state index contributed by atoms with van der Waals surface area (Å²) in [5.41, 5.74) is -8.15. The van der Waals surface area contributed by atoms with Crippen LogP contribution in [0.3, 0.4) is 0 Å². The Hall–Kier alpha value is -6.09. The van der Waals surface area contributed by atoms with Gasteiger partial charge >= 0.3 is 29.8 Å². The summed E-state index contributed by atoms with van der Waals surface area (Å²) in [5.74, 6) is -8.60. The zero-order valence-corrected chi connectivity index (χ0v) is 45.0. The number of aliphatic hydroxyl groups is 3. The monoisotopic (exact) mass is 1060 g/mol. The number of amides is 1. The van der Waals surface area contributed by atoms with Crippen LogP contribution >= 0.6 is 0 Å². The summed E-state index contributed by atoms with van der Waals surface area (Å²) in [6, 6.07) is 23.6. The zero-order valence-electron chi connectivity index (χ0n) is 44.0. The fraction of sp³-hybridized carbons (Fsp3) is 0.518. The van der Waals surface area contributed by atoms with Crippen molar-refractivity contribution in [1.82, 2.24) is 5.32 Å². The lowest BCUT2D eigenvalue weighted by atomic mass is 9.44. The minimum absolute atomic E-state index is 0.00911. The number of nitrogens with one attached hydrogen (secondary N) is 1. The van der Waals surface area contributed by atoms with Gasteiger partial charge in [0, 0.05) is 37.2 Å². The molecule has 0 unspecified atom stereocenters. The number of aliphatic carboxylic acids is 1. The molecule has 1 amide bonds. The summed E-state index contributed by atoms with van der Waals surface area (Å²) in [7, 11) is -3.00. The van der Waals surface area contributed by atoms with Crippen molar-refractivity contribution in [2.45, 2.75) is 159 Å². The number of carbonyl (C=O) groups is 7. The Labute approximate surface area is 437 Å². The van der Waals surface area contributed by atoms with Crippen molar-refractivity contribution in [3.8, 4) is 0 Å². The van der Waals surface area contributed by atoms with Gasteiger partial charge in [-0.05, 0) is 79.4 Å². The molecule has 1 saturated heterocycles. The van der Waals surface area contributed by atoms with Gasteiger partial charge in [-0.2, -0.15) is 0 Å². The van der Waals surface area contributed by atoms with Crippen LogP contribution in [0, 0.1) is 16.7 Å². The molecule has 0 spiro atoms. The van der Waals surface area contributed by atoms with Crippen molar-refractivity contribution >= 4 is 49.9 Å². The van der Waals surface area contributed by atoms with Crippen LogP contribution in [-0.4, -0.2) is 131 Å². The van der Waals surface area contributed by atoms with Crippen LogP contribution in [0.2, 0.25) is 18.1 Å². The lowest BCUT2D eigenvalue weighted by molar-refractivity contribution is -0.369. The number of ketones is 1. The van der Waals surface area contributed by atoms with Gasteiger partial charge in [-0.3, -0.25) is 24.0 Å². The topological polar surface area (TPSA) is 268 Å². The third-order valence-electron chi connectivity index (χ3n) is 16.5. The Bertz CT molecular complexity index is 2710. The molecule has 3 aromatic carbocycles. The van der Waals surface area contributed by atoms with E-state index in [1.54, 1.807) is 78.9 Å². The molecular weight excluding hydrogens is 987 g/mol. The first-order valence-electron chi connectivity index (χ1n) is 25.1. The lowest BCUT2D eigenvalue weighted by Crippen LogP contribution is -2.85. The zero-order chi connectivity index (χ0) is 55.2. The molecule has 3 aliphatic carbocycles. The van der Waals surface area contributed by atoms with Gasteiger partial charge in [0.25, 0.3) is 5.91 Å². The van der Waals surface area contributed by atoms with Crippen molar-refractivity contribution in [3.63, 3.8) is 0 Å². The van der Waals surface area contributed by atoms with Gasteiger partial charge < -0.3 is 53.9 Å². The first-order chi connectivity index (χ1) is 35.0. The second-order valence-corrected chi connectivity index (χ2v) is 27.2. The molecule has 2 bridgehead atoms. The first kappa shape index (κ1) is 56.6. The number of rotatable bonds is 16. The third-order valence-corrected chi connectivity index (χ3v) is 20.9. The van der Waals surface area contributed by atoms with E-state index in [1.807, 2.05) is 33.9 Å². The predicted molar refractivity (Wildman–Crippen MR) is 271 cm³/mol. The number of carboxylic acids is 1. The normalized spacial score (nSPS) is 29.8. The minimum Gasteiger partial charge on any atom is -0.481 e. The molecule has 18 nitrogen and oxygen atoms in total. The smallest absolute Gasteiger partial charge is 0.338 e. The van der Waals surface area contributed by atoms with Gasteiger partial charge in [0.2, 0.25) is 0 Å². The summed E-state index contributed by atoms with van der Waals surface area (Å²) in [5, 5.41) is 50.3. The highest BCUT2D eigenvalue weighted by molar-refractivity contribution is 6.74. The maximum absolute atomic E-state index is 16.0. The van der Waals surface area contributed by atoms with Gasteiger partial charge in [0.05, 0.1) is 35.6 Å². The molecule has 19 heteroatoms. The van der Waals surface area contributed by atoms with Crippen LogP contribution in [0.25, 0.3) is 0 Å². The Kier molecular flexibility index (Phi) is 16.0. The van der Waals surface area contributed by atoms with Gasteiger partial charge in [-0.1, -0.05) is 101 Å². The van der Waals surface area contributed by atoms with E-state index in [0.717, 1.165) is 6.92 Å². The van der Waals surface area contributed by atoms with Crippen LogP contribution in [-0.2, 0) is 52.1 Å². The summed E-state index contributed by atoms with van der Waals surface area (Å²) < 4.78 is 38.2. The van der Waals surface area contributed by atoms with Crippen LogP contribution < -0.4 is 5.32 Å². The van der Waals surface area contributed by atoms with Crippen molar-refractivity contribution in [2.75, 3.05) is 6.61 Å². The molecular formula is C56H69NO17Si. The molecule has 3 aromatic rings. The van der Waals surface area contributed by atoms with Crippen molar-refractivity contribution in [2.24, 2.45) is 16.7 Å². The van der Waals surface area contributed by atoms with E-state index in [-0.39, 0.29) is 23.1 Å². The van der Waals surface area contributed by atoms with Crippen LogP contribution in [0.4, 0.5) is 0 Å². The molecule has 5 N–H and O–H groups in total. The number of fused-ring (bicyclic) bond motifs is 5. The second kappa shape index (κ2) is 21.1. The fourth-order valence-electron chi connectivity index (χ4n) is 11.3. The molecule has 3 fully saturated rings. The molecule has 1 heterocycles. The van der Waals surface area contributed by atoms with Crippen molar-refractivity contribution in [3.05, 3.63) is 119 Å². The number of aliphatic hydroxyl groups excluding tert-OH is 2.